The van der Waals surface area contributed by atoms with E-state index in [1.807, 2.05) is 0 Å². The Morgan fingerprint density at radius 3 is 2.77 bits per heavy atom. The maximum atomic E-state index is 14.0. The van der Waals surface area contributed by atoms with Crippen molar-refractivity contribution < 1.29 is 31.8 Å². The quantitative estimate of drug-likeness (QED) is 0.821. The standard InChI is InChI=1S/C17H12F3NO4S/c18-11-3-9(7-21)4-12(5-11)25-14-2-1-10(8-26(23)24)15-13(14)6-17(19,20)16(15)22/h1-5,16,22H,6,8H2,(H,23,24)/p-1/t16-/m0/s1. The van der Waals surface area contributed by atoms with Crippen LogP contribution >= 0.6 is 0 Å². The molecule has 1 aliphatic rings. The topological polar surface area (TPSA) is 93.4 Å². The Labute approximate surface area is 148 Å². The molecule has 1 N–H and O–H groups in total. The van der Waals surface area contributed by atoms with Crippen molar-refractivity contribution in [1.29, 1.82) is 5.26 Å². The van der Waals surface area contributed by atoms with Crippen molar-refractivity contribution in [2.45, 2.75) is 24.2 Å². The van der Waals surface area contributed by atoms with Crippen LogP contribution in [0, 0.1) is 17.1 Å². The first kappa shape index (κ1) is 18.4. The number of aliphatic hydroxyl groups excluding tert-OH is 1. The number of nitrogens with zero attached hydrogens (tertiary/aromatic N) is 1. The van der Waals surface area contributed by atoms with E-state index in [0.29, 0.717) is 0 Å². The average Bonchev–Trinajstić information content (AvgIpc) is 2.79. The number of hydrogen-bond acceptors (Lipinski definition) is 5. The maximum absolute atomic E-state index is 14.0. The molecule has 2 atom stereocenters. The van der Waals surface area contributed by atoms with E-state index < -0.39 is 41.1 Å². The maximum Gasteiger partial charge on any atom is 0.281 e. The van der Waals surface area contributed by atoms with Crippen molar-refractivity contribution in [2.24, 2.45) is 0 Å². The van der Waals surface area contributed by atoms with Gasteiger partial charge in [-0.25, -0.2) is 13.2 Å². The van der Waals surface area contributed by atoms with Gasteiger partial charge in [0.15, 0.2) is 0 Å². The van der Waals surface area contributed by atoms with E-state index >= 15 is 0 Å². The summed E-state index contributed by atoms with van der Waals surface area (Å²) in [7, 11) is 0. The molecule has 3 rings (SSSR count). The van der Waals surface area contributed by atoms with Gasteiger partial charge < -0.3 is 14.4 Å². The second kappa shape index (κ2) is 6.72. The van der Waals surface area contributed by atoms with Gasteiger partial charge in [-0.2, -0.15) is 5.26 Å². The molecule has 0 fully saturated rings. The summed E-state index contributed by atoms with van der Waals surface area (Å²) < 4.78 is 68.9. The summed E-state index contributed by atoms with van der Waals surface area (Å²) in [6.07, 6.45) is -3.01. The Bertz CT molecular complexity index is 942. The van der Waals surface area contributed by atoms with Crippen LogP contribution in [-0.4, -0.2) is 19.8 Å². The zero-order valence-electron chi connectivity index (χ0n) is 13.0. The highest BCUT2D eigenvalue weighted by atomic mass is 32.2. The van der Waals surface area contributed by atoms with Gasteiger partial charge in [0.1, 0.15) is 23.4 Å². The lowest BCUT2D eigenvalue weighted by Gasteiger charge is -2.17. The summed E-state index contributed by atoms with van der Waals surface area (Å²) in [6.45, 7) is 0. The van der Waals surface area contributed by atoms with Gasteiger partial charge in [0.2, 0.25) is 0 Å². The highest BCUT2D eigenvalue weighted by Gasteiger charge is 2.49. The number of aliphatic hydroxyl groups is 1. The molecule has 1 aliphatic carbocycles. The van der Waals surface area contributed by atoms with Crippen LogP contribution in [0.5, 0.6) is 11.5 Å². The first-order valence-corrected chi connectivity index (χ1v) is 8.60. The lowest BCUT2D eigenvalue weighted by molar-refractivity contribution is -0.0970. The molecule has 5 nitrogen and oxygen atoms in total. The van der Waals surface area contributed by atoms with Gasteiger partial charge in [-0.05, 0) is 29.3 Å². The van der Waals surface area contributed by atoms with Crippen LogP contribution < -0.4 is 4.74 Å². The predicted molar refractivity (Wildman–Crippen MR) is 83.9 cm³/mol. The molecule has 0 amide bonds. The number of halogens is 3. The van der Waals surface area contributed by atoms with Gasteiger partial charge in [-0.15, -0.1) is 0 Å². The highest BCUT2D eigenvalue weighted by Crippen LogP contribution is 2.48. The number of nitriles is 1. The van der Waals surface area contributed by atoms with Crippen LogP contribution in [0.3, 0.4) is 0 Å². The SMILES string of the molecule is N#Cc1cc(F)cc(Oc2ccc(CS(=O)[O-])c3c2CC(F)(F)[C@H]3O)c1. The fourth-order valence-corrected chi connectivity index (χ4v) is 3.43. The fourth-order valence-electron chi connectivity index (χ4n) is 2.92. The van der Waals surface area contributed by atoms with E-state index in [4.69, 9.17) is 10.00 Å². The molecular formula is C17H11F3NO4S-. The number of ether oxygens (including phenoxy) is 1. The van der Waals surface area contributed by atoms with Gasteiger partial charge in [-0.1, -0.05) is 17.1 Å². The normalized spacial score (nSPS) is 18.8. The minimum absolute atomic E-state index is 0.0135. The second-order valence-electron chi connectivity index (χ2n) is 5.79. The van der Waals surface area contributed by atoms with Crippen LogP contribution in [0.4, 0.5) is 13.2 Å². The van der Waals surface area contributed by atoms with Crippen molar-refractivity contribution in [3.05, 3.63) is 58.4 Å². The third kappa shape index (κ3) is 3.44. The van der Waals surface area contributed by atoms with Crippen LogP contribution in [0.25, 0.3) is 0 Å². The molecule has 26 heavy (non-hydrogen) atoms. The largest absolute Gasteiger partial charge is 0.772 e. The molecule has 0 radical (unpaired) electrons. The minimum Gasteiger partial charge on any atom is -0.772 e. The van der Waals surface area contributed by atoms with E-state index in [1.165, 1.54) is 18.2 Å². The van der Waals surface area contributed by atoms with Crippen LogP contribution in [0.1, 0.15) is 28.4 Å². The molecule has 0 saturated carbocycles. The first-order valence-electron chi connectivity index (χ1n) is 7.36. The first-order chi connectivity index (χ1) is 12.2. The van der Waals surface area contributed by atoms with Gasteiger partial charge in [0.05, 0.1) is 11.6 Å². The van der Waals surface area contributed by atoms with Gasteiger partial charge in [0, 0.05) is 23.8 Å². The Kier molecular flexibility index (Phi) is 4.75. The molecule has 136 valence electrons. The van der Waals surface area contributed by atoms with E-state index in [9.17, 15) is 27.0 Å². The smallest absolute Gasteiger partial charge is 0.281 e. The molecule has 0 spiro atoms. The second-order valence-corrected chi connectivity index (χ2v) is 6.69. The Morgan fingerprint density at radius 1 is 1.38 bits per heavy atom. The van der Waals surface area contributed by atoms with Gasteiger partial charge in [-0.3, -0.25) is 4.21 Å². The highest BCUT2D eigenvalue weighted by molar-refractivity contribution is 7.78. The van der Waals surface area contributed by atoms with Crippen molar-refractivity contribution in [2.75, 3.05) is 0 Å². The number of hydrogen-bond donors (Lipinski definition) is 1. The van der Waals surface area contributed by atoms with E-state index in [2.05, 4.69) is 0 Å². The Morgan fingerprint density at radius 2 is 2.12 bits per heavy atom. The van der Waals surface area contributed by atoms with E-state index in [1.54, 1.807) is 6.07 Å². The molecule has 2 aromatic carbocycles. The van der Waals surface area contributed by atoms with Crippen LogP contribution in [0.15, 0.2) is 30.3 Å². The van der Waals surface area contributed by atoms with Crippen molar-refractivity contribution in [1.82, 2.24) is 0 Å². The molecule has 0 saturated heterocycles. The zero-order valence-corrected chi connectivity index (χ0v) is 13.9. The molecule has 0 bridgehead atoms. The Hall–Kier alpha value is -2.41. The zero-order chi connectivity index (χ0) is 19.1. The number of fused-ring (bicyclic) bond motifs is 1. The average molecular weight is 382 g/mol. The minimum atomic E-state index is -3.49. The number of benzene rings is 2. The molecule has 9 heteroatoms. The lowest BCUT2D eigenvalue weighted by Crippen LogP contribution is -2.22. The summed E-state index contributed by atoms with van der Waals surface area (Å²) in [5.41, 5.74) is -0.218. The molecule has 0 aliphatic heterocycles. The molecule has 0 heterocycles. The van der Waals surface area contributed by atoms with Crippen molar-refractivity contribution in [3.63, 3.8) is 0 Å². The summed E-state index contributed by atoms with van der Waals surface area (Å²) in [5, 5.41) is 18.8. The summed E-state index contributed by atoms with van der Waals surface area (Å²) >= 11 is -2.53. The molecule has 1 unspecified atom stereocenters. The lowest BCUT2D eigenvalue weighted by atomic mass is 10.0. The third-order valence-electron chi connectivity index (χ3n) is 3.99. The van der Waals surface area contributed by atoms with Crippen LogP contribution in [0.2, 0.25) is 0 Å². The van der Waals surface area contributed by atoms with E-state index in [0.717, 1.165) is 12.1 Å². The van der Waals surface area contributed by atoms with Crippen molar-refractivity contribution in [3.8, 4) is 17.6 Å². The summed E-state index contributed by atoms with van der Waals surface area (Å²) in [4.78, 5) is 0. The monoisotopic (exact) mass is 382 g/mol. The van der Waals surface area contributed by atoms with E-state index in [-0.39, 0.29) is 33.8 Å². The molecular weight excluding hydrogens is 371 g/mol. The van der Waals surface area contributed by atoms with Gasteiger partial charge >= 0.3 is 0 Å². The van der Waals surface area contributed by atoms with Gasteiger partial charge in [0.25, 0.3) is 5.92 Å². The fraction of sp³-hybridized carbons (Fsp3) is 0.235. The van der Waals surface area contributed by atoms with Crippen LogP contribution in [-0.2, 0) is 23.3 Å². The molecule has 2 aromatic rings. The third-order valence-corrected chi connectivity index (χ3v) is 4.54. The van der Waals surface area contributed by atoms with Crippen molar-refractivity contribution >= 4 is 11.1 Å². The summed E-state index contributed by atoms with van der Waals surface area (Å²) in [5.74, 6) is -4.89. The predicted octanol–water partition coefficient (Wildman–Crippen LogP) is 3.09. The number of rotatable bonds is 4. The Balaban J connectivity index is 2.07. The molecule has 0 aromatic heterocycles. The number of alkyl halides is 2. The summed E-state index contributed by atoms with van der Waals surface area (Å²) in [6, 6.07) is 7.50.